The maximum atomic E-state index is 15.3. The molecular weight excluding hydrogens is 499 g/mol. The molecule has 204 valence electrons. The molecule has 1 aliphatic heterocycles. The van der Waals surface area contributed by atoms with Crippen molar-refractivity contribution in [1.82, 2.24) is 29.7 Å². The molecule has 10 nitrogen and oxygen atoms in total. The zero-order valence-electron chi connectivity index (χ0n) is 22.7. The average Bonchev–Trinajstić information content (AvgIpc) is 3.35. The number of aromatic amines is 1. The number of halogens is 1. The van der Waals surface area contributed by atoms with Gasteiger partial charge >= 0.3 is 0 Å². The summed E-state index contributed by atoms with van der Waals surface area (Å²) in [6, 6.07) is 8.80. The lowest BCUT2D eigenvalue weighted by atomic mass is 10.2. The van der Waals surface area contributed by atoms with Crippen LogP contribution in [-0.4, -0.2) is 82.0 Å². The quantitative estimate of drug-likeness (QED) is 0.340. The Hall–Kier alpha value is -4.25. The third kappa shape index (κ3) is 5.49. The number of amides is 1. The van der Waals surface area contributed by atoms with Crippen LogP contribution >= 0.6 is 0 Å². The van der Waals surface area contributed by atoms with Crippen LogP contribution in [0.5, 0.6) is 11.6 Å². The summed E-state index contributed by atoms with van der Waals surface area (Å²) in [5, 5.41) is 3.54. The number of hydrogen-bond donors (Lipinski definition) is 2. The molecule has 0 atom stereocenters. The van der Waals surface area contributed by atoms with Gasteiger partial charge in [0.2, 0.25) is 5.88 Å². The Morgan fingerprint density at radius 3 is 2.62 bits per heavy atom. The molecule has 1 aromatic carbocycles. The van der Waals surface area contributed by atoms with Gasteiger partial charge in [0.1, 0.15) is 17.7 Å². The Kier molecular flexibility index (Phi) is 7.60. The van der Waals surface area contributed by atoms with Crippen LogP contribution in [0.3, 0.4) is 0 Å². The van der Waals surface area contributed by atoms with E-state index < -0.39 is 5.82 Å². The second-order valence-electron chi connectivity index (χ2n) is 9.56. The second-order valence-corrected chi connectivity index (χ2v) is 9.56. The molecule has 5 rings (SSSR count). The van der Waals surface area contributed by atoms with E-state index in [1.54, 1.807) is 19.2 Å². The minimum atomic E-state index is -0.538. The fraction of sp³-hybridized carbons (Fsp3) is 0.357. The van der Waals surface area contributed by atoms with Gasteiger partial charge in [0, 0.05) is 56.4 Å². The van der Waals surface area contributed by atoms with Gasteiger partial charge in [-0.1, -0.05) is 6.92 Å². The lowest BCUT2D eigenvalue weighted by Crippen LogP contribution is -2.46. The fourth-order valence-electron chi connectivity index (χ4n) is 4.63. The Morgan fingerprint density at radius 1 is 1.13 bits per heavy atom. The molecular formula is C28H33FN8O2. The molecule has 0 radical (unpaired) electrons. The minimum absolute atomic E-state index is 0.0370. The summed E-state index contributed by atoms with van der Waals surface area (Å²) in [6.45, 7) is 11.3. The number of benzene rings is 1. The van der Waals surface area contributed by atoms with Gasteiger partial charge in [-0.2, -0.15) is 0 Å². The number of nitrogens with zero attached hydrogens (tertiary/aromatic N) is 6. The molecule has 1 aliphatic rings. The SMILES string of the molecule is CCN1CCN(c2ccc(Nc3ncnc(Oc4ccc5[nH]c(C)cc5c4F)c3C(=O)N(C)CC)nc2)CC1. The number of rotatable bonds is 8. The first-order valence-electron chi connectivity index (χ1n) is 13.1. The molecule has 4 heterocycles. The van der Waals surface area contributed by atoms with E-state index >= 15 is 4.39 Å². The maximum Gasteiger partial charge on any atom is 0.262 e. The number of H-pyrrole nitrogens is 1. The van der Waals surface area contributed by atoms with Gasteiger partial charge in [0.15, 0.2) is 17.4 Å². The average molecular weight is 533 g/mol. The summed E-state index contributed by atoms with van der Waals surface area (Å²) < 4.78 is 21.2. The number of carbonyl (C=O) groups is 1. The largest absolute Gasteiger partial charge is 0.435 e. The van der Waals surface area contributed by atoms with Gasteiger partial charge in [0.25, 0.3) is 5.91 Å². The van der Waals surface area contributed by atoms with Crippen molar-refractivity contribution in [2.24, 2.45) is 0 Å². The first-order chi connectivity index (χ1) is 18.9. The number of pyridine rings is 1. The van der Waals surface area contributed by atoms with Crippen LogP contribution in [0.2, 0.25) is 0 Å². The van der Waals surface area contributed by atoms with Crippen LogP contribution in [0.4, 0.5) is 21.7 Å². The van der Waals surface area contributed by atoms with Crippen LogP contribution in [0.1, 0.15) is 29.9 Å². The Labute approximate surface area is 226 Å². The Morgan fingerprint density at radius 2 is 1.92 bits per heavy atom. The highest BCUT2D eigenvalue weighted by Gasteiger charge is 2.25. The van der Waals surface area contributed by atoms with E-state index in [1.165, 1.54) is 17.3 Å². The van der Waals surface area contributed by atoms with Crippen molar-refractivity contribution < 1.29 is 13.9 Å². The number of ether oxygens (including phenoxy) is 1. The number of hydrogen-bond acceptors (Lipinski definition) is 8. The van der Waals surface area contributed by atoms with Crippen LogP contribution in [-0.2, 0) is 0 Å². The van der Waals surface area contributed by atoms with E-state index in [9.17, 15) is 4.79 Å². The van der Waals surface area contributed by atoms with Crippen molar-refractivity contribution in [3.63, 3.8) is 0 Å². The molecule has 39 heavy (non-hydrogen) atoms. The molecule has 2 N–H and O–H groups in total. The first kappa shape index (κ1) is 26.4. The molecule has 11 heteroatoms. The molecule has 1 fully saturated rings. The molecule has 4 aromatic rings. The van der Waals surface area contributed by atoms with Crippen molar-refractivity contribution in [1.29, 1.82) is 0 Å². The Balaban J connectivity index is 1.43. The summed E-state index contributed by atoms with van der Waals surface area (Å²) in [6.07, 6.45) is 3.09. The highest BCUT2D eigenvalue weighted by atomic mass is 19.1. The first-order valence-corrected chi connectivity index (χ1v) is 13.1. The van der Waals surface area contributed by atoms with Crippen molar-refractivity contribution >= 4 is 34.1 Å². The predicted molar refractivity (Wildman–Crippen MR) is 150 cm³/mol. The summed E-state index contributed by atoms with van der Waals surface area (Å²) in [7, 11) is 1.67. The lowest BCUT2D eigenvalue weighted by molar-refractivity contribution is 0.0799. The van der Waals surface area contributed by atoms with Gasteiger partial charge in [-0.25, -0.2) is 19.3 Å². The van der Waals surface area contributed by atoms with Crippen molar-refractivity contribution in [2.75, 3.05) is 56.5 Å². The summed E-state index contributed by atoms with van der Waals surface area (Å²) in [5.74, 6) is -0.247. The standard InChI is InChI=1S/C28H33FN8O2/c1-5-35(4)28(38)24-26(34-23-10-7-19(16-30-23)37-13-11-36(6-2)12-14-37)31-17-32-27(24)39-22-9-8-21-20(25(22)29)15-18(3)33-21/h7-10,15-17,33H,5-6,11-14H2,1-4H3,(H,30,31,32,34). The van der Waals surface area contributed by atoms with E-state index in [0.29, 0.717) is 23.3 Å². The smallest absolute Gasteiger partial charge is 0.262 e. The number of aromatic nitrogens is 4. The fourth-order valence-corrected chi connectivity index (χ4v) is 4.63. The van der Waals surface area contributed by atoms with Crippen molar-refractivity contribution in [3.05, 3.63) is 59.9 Å². The number of aryl methyl sites for hydroxylation is 1. The Bertz CT molecular complexity index is 1460. The topological polar surface area (TPSA) is 103 Å². The molecule has 0 bridgehead atoms. The molecule has 3 aromatic heterocycles. The normalized spacial score (nSPS) is 14.0. The number of piperazine rings is 1. The van der Waals surface area contributed by atoms with Gasteiger partial charge in [-0.3, -0.25) is 4.79 Å². The number of fused-ring (bicyclic) bond motifs is 1. The second kappa shape index (κ2) is 11.2. The maximum absolute atomic E-state index is 15.3. The molecule has 0 spiro atoms. The summed E-state index contributed by atoms with van der Waals surface area (Å²) >= 11 is 0. The predicted octanol–water partition coefficient (Wildman–Crippen LogP) is 4.57. The highest BCUT2D eigenvalue weighted by molar-refractivity contribution is 6.01. The monoisotopic (exact) mass is 532 g/mol. The molecule has 1 amide bonds. The van der Waals surface area contributed by atoms with Gasteiger partial charge in [0.05, 0.1) is 11.9 Å². The zero-order chi connectivity index (χ0) is 27.5. The van der Waals surface area contributed by atoms with E-state index in [2.05, 4.69) is 42.0 Å². The highest BCUT2D eigenvalue weighted by Crippen LogP contribution is 2.34. The third-order valence-electron chi connectivity index (χ3n) is 7.07. The van der Waals surface area contributed by atoms with Crippen molar-refractivity contribution in [2.45, 2.75) is 20.8 Å². The molecule has 1 saturated heterocycles. The third-order valence-corrected chi connectivity index (χ3v) is 7.07. The summed E-state index contributed by atoms with van der Waals surface area (Å²) in [5.41, 5.74) is 2.62. The molecule has 0 saturated carbocycles. The van der Waals surface area contributed by atoms with E-state index in [1.807, 2.05) is 32.2 Å². The van der Waals surface area contributed by atoms with Crippen LogP contribution in [0.25, 0.3) is 10.9 Å². The number of likely N-dealkylation sites (N-methyl/N-ethyl adjacent to an activating group) is 1. The number of nitrogens with one attached hydrogen (secondary N) is 2. The molecule has 0 aliphatic carbocycles. The minimum Gasteiger partial charge on any atom is -0.435 e. The number of carbonyl (C=O) groups excluding carboxylic acids is 1. The molecule has 0 unspecified atom stereocenters. The van der Waals surface area contributed by atoms with Crippen molar-refractivity contribution in [3.8, 4) is 11.6 Å². The van der Waals surface area contributed by atoms with E-state index in [4.69, 9.17) is 4.74 Å². The zero-order valence-corrected chi connectivity index (χ0v) is 22.7. The van der Waals surface area contributed by atoms with Gasteiger partial charge in [-0.15, -0.1) is 0 Å². The van der Waals surface area contributed by atoms with Crippen LogP contribution in [0, 0.1) is 12.7 Å². The van der Waals surface area contributed by atoms with E-state index in [0.717, 1.165) is 44.1 Å². The van der Waals surface area contributed by atoms with Gasteiger partial charge < -0.3 is 29.7 Å². The summed E-state index contributed by atoms with van der Waals surface area (Å²) in [4.78, 5) is 35.8. The van der Waals surface area contributed by atoms with E-state index in [-0.39, 0.29) is 28.9 Å². The van der Waals surface area contributed by atoms with Crippen LogP contribution < -0.4 is 15.0 Å². The van der Waals surface area contributed by atoms with Gasteiger partial charge in [-0.05, 0) is 50.7 Å². The lowest BCUT2D eigenvalue weighted by Gasteiger charge is -2.35. The van der Waals surface area contributed by atoms with Crippen LogP contribution in [0.15, 0.2) is 42.9 Å². The number of anilines is 3.